The molecule has 0 radical (unpaired) electrons. The fourth-order valence-corrected chi connectivity index (χ4v) is 4.81. The molecule has 3 N–H and O–H groups in total. The molecular weight excluding hydrogens is 462 g/mol. The number of anilines is 2. The van der Waals surface area contributed by atoms with Gasteiger partial charge in [-0.05, 0) is 61.1 Å². The number of aromatic amines is 1. The number of nitriles is 1. The predicted octanol–water partition coefficient (Wildman–Crippen LogP) is 5.48. The van der Waals surface area contributed by atoms with Crippen LogP contribution in [0.4, 0.5) is 16.3 Å². The van der Waals surface area contributed by atoms with Gasteiger partial charge < -0.3 is 10.6 Å². The van der Waals surface area contributed by atoms with Gasteiger partial charge in [0.2, 0.25) is 0 Å². The molecule has 0 saturated heterocycles. The molecule has 1 aliphatic rings. The number of carbonyl (C=O) groups excluding carboxylic acids is 1. The van der Waals surface area contributed by atoms with Crippen LogP contribution in [0.25, 0.3) is 11.1 Å². The zero-order valence-corrected chi connectivity index (χ0v) is 20.5. The van der Waals surface area contributed by atoms with E-state index in [1.807, 2.05) is 71.8 Å². The molecule has 0 unspecified atom stereocenters. The number of hydrogen-bond donors (Lipinski definition) is 3. The van der Waals surface area contributed by atoms with E-state index in [4.69, 9.17) is 5.26 Å². The van der Waals surface area contributed by atoms with Crippen molar-refractivity contribution in [1.29, 1.82) is 5.26 Å². The van der Waals surface area contributed by atoms with Gasteiger partial charge in [-0.15, -0.1) is 0 Å². The lowest BCUT2D eigenvalue weighted by molar-refractivity contribution is 0.240. The second-order valence-corrected chi connectivity index (χ2v) is 9.24. The van der Waals surface area contributed by atoms with E-state index < -0.39 is 0 Å². The number of carbonyl (C=O) groups is 1. The van der Waals surface area contributed by atoms with E-state index in [0.29, 0.717) is 12.1 Å². The van der Waals surface area contributed by atoms with E-state index in [9.17, 15) is 4.79 Å². The highest BCUT2D eigenvalue weighted by atomic mass is 16.2. The minimum atomic E-state index is -0.0925. The lowest BCUT2D eigenvalue weighted by atomic mass is 9.89. The van der Waals surface area contributed by atoms with Crippen LogP contribution in [0.1, 0.15) is 36.8 Å². The first-order valence-corrected chi connectivity index (χ1v) is 12.5. The number of amides is 2. The number of H-pyrrole nitrogens is 1. The number of benzene rings is 2. The summed E-state index contributed by atoms with van der Waals surface area (Å²) >= 11 is 0. The summed E-state index contributed by atoms with van der Waals surface area (Å²) in [6.07, 6.45) is 8.81. The normalized spacial score (nSPS) is 16.9. The van der Waals surface area contributed by atoms with Gasteiger partial charge >= 0.3 is 6.03 Å². The van der Waals surface area contributed by atoms with Crippen molar-refractivity contribution >= 4 is 17.5 Å². The summed E-state index contributed by atoms with van der Waals surface area (Å²) < 4.78 is 0. The van der Waals surface area contributed by atoms with Crippen molar-refractivity contribution < 1.29 is 4.79 Å². The number of nitrogens with zero attached hydrogens (tertiary/aromatic N) is 4. The zero-order chi connectivity index (χ0) is 25.5. The topological polar surface area (TPSA) is 110 Å². The molecule has 8 heteroatoms. The highest BCUT2D eigenvalue weighted by Gasteiger charge is 2.30. The molecule has 0 atom stereocenters. The van der Waals surface area contributed by atoms with E-state index in [1.54, 1.807) is 18.5 Å². The van der Waals surface area contributed by atoms with Gasteiger partial charge in [0.1, 0.15) is 11.9 Å². The SMILES string of the molecule is N#Cc1ccc(N[C@H]2CC[C@H](N(C(=O)NCc3ccccc3)c3ccc(-c4cn[nH]c4)cc3)CC2)nc1. The van der Waals surface area contributed by atoms with Crippen LogP contribution in [0.3, 0.4) is 0 Å². The summed E-state index contributed by atoms with van der Waals surface area (Å²) in [4.78, 5) is 19.8. The molecule has 1 fully saturated rings. The van der Waals surface area contributed by atoms with Gasteiger partial charge in [-0.2, -0.15) is 10.4 Å². The van der Waals surface area contributed by atoms with E-state index in [0.717, 1.165) is 53.9 Å². The number of hydrogen-bond acceptors (Lipinski definition) is 5. The fraction of sp³-hybridized carbons (Fsp3) is 0.241. The molecule has 0 bridgehead atoms. The Morgan fingerprint density at radius 1 is 0.973 bits per heavy atom. The first kappa shape index (κ1) is 24.1. The lowest BCUT2D eigenvalue weighted by Gasteiger charge is -2.37. The Hall–Kier alpha value is -4.64. The quantitative estimate of drug-likeness (QED) is 0.317. The van der Waals surface area contributed by atoms with Crippen LogP contribution in [-0.4, -0.2) is 33.3 Å². The summed E-state index contributed by atoms with van der Waals surface area (Å²) in [5.74, 6) is 0.773. The fourth-order valence-electron chi connectivity index (χ4n) is 4.81. The Morgan fingerprint density at radius 3 is 2.41 bits per heavy atom. The molecule has 8 nitrogen and oxygen atoms in total. The van der Waals surface area contributed by atoms with E-state index in [1.165, 1.54) is 0 Å². The molecule has 0 aliphatic heterocycles. The second-order valence-electron chi connectivity index (χ2n) is 9.24. The highest BCUT2D eigenvalue weighted by molar-refractivity contribution is 5.93. The van der Waals surface area contributed by atoms with Gasteiger partial charge in [0.15, 0.2) is 0 Å². The standard InChI is InChI=1S/C29H29N7O/c30-16-22-6-15-28(31-18-22)35-25-9-13-27(14-10-25)36(29(37)32-17-21-4-2-1-3-5-21)26-11-7-23(8-12-26)24-19-33-34-20-24/h1-8,11-12,15,18-20,25,27H,9-10,13-14,17H2,(H,31,35)(H,32,37)(H,33,34)/t25-,27-. The molecule has 2 amide bonds. The van der Waals surface area contributed by atoms with Gasteiger partial charge in [0, 0.05) is 42.3 Å². The molecule has 1 aliphatic carbocycles. The summed E-state index contributed by atoms with van der Waals surface area (Å²) in [5.41, 5.74) is 4.54. The minimum absolute atomic E-state index is 0.0857. The monoisotopic (exact) mass is 491 g/mol. The van der Waals surface area contributed by atoms with Crippen LogP contribution in [0.2, 0.25) is 0 Å². The van der Waals surface area contributed by atoms with Crippen LogP contribution in [0.15, 0.2) is 85.3 Å². The van der Waals surface area contributed by atoms with Gasteiger partial charge in [0.25, 0.3) is 0 Å². The summed E-state index contributed by atoms with van der Waals surface area (Å²) in [5, 5.41) is 22.5. The Morgan fingerprint density at radius 2 is 1.76 bits per heavy atom. The van der Waals surface area contributed by atoms with Crippen molar-refractivity contribution in [3.05, 3.63) is 96.4 Å². The van der Waals surface area contributed by atoms with Crippen LogP contribution < -0.4 is 15.5 Å². The highest BCUT2D eigenvalue weighted by Crippen LogP contribution is 2.30. The van der Waals surface area contributed by atoms with Gasteiger partial charge in [-0.25, -0.2) is 9.78 Å². The van der Waals surface area contributed by atoms with Crippen LogP contribution in [-0.2, 0) is 6.54 Å². The largest absolute Gasteiger partial charge is 0.367 e. The third-order valence-corrected chi connectivity index (χ3v) is 6.79. The Bertz CT molecular complexity index is 1320. The van der Waals surface area contributed by atoms with Crippen molar-refractivity contribution in [1.82, 2.24) is 20.5 Å². The van der Waals surface area contributed by atoms with Gasteiger partial charge in [-0.3, -0.25) is 10.00 Å². The van der Waals surface area contributed by atoms with Crippen molar-refractivity contribution in [3.63, 3.8) is 0 Å². The molecule has 0 spiro atoms. The third-order valence-electron chi connectivity index (χ3n) is 6.79. The van der Waals surface area contributed by atoms with Crippen LogP contribution in [0, 0.1) is 11.3 Å². The molecule has 37 heavy (non-hydrogen) atoms. The maximum atomic E-state index is 13.5. The first-order valence-electron chi connectivity index (χ1n) is 12.5. The van der Waals surface area contributed by atoms with Crippen molar-refractivity contribution in [2.24, 2.45) is 0 Å². The van der Waals surface area contributed by atoms with Crippen molar-refractivity contribution in [3.8, 4) is 17.2 Å². The van der Waals surface area contributed by atoms with Crippen molar-refractivity contribution in [2.45, 2.75) is 44.3 Å². The molecular formula is C29H29N7O. The molecule has 5 rings (SSSR count). The zero-order valence-electron chi connectivity index (χ0n) is 20.5. The van der Waals surface area contributed by atoms with Crippen molar-refractivity contribution in [2.75, 3.05) is 10.2 Å². The maximum Gasteiger partial charge on any atom is 0.322 e. The van der Waals surface area contributed by atoms with Gasteiger partial charge in [-0.1, -0.05) is 42.5 Å². The average Bonchev–Trinajstić information content (AvgIpc) is 3.50. The summed E-state index contributed by atoms with van der Waals surface area (Å²) in [6, 6.07) is 24.0. The number of pyridine rings is 1. The molecule has 186 valence electrons. The number of nitrogens with one attached hydrogen (secondary N) is 3. The van der Waals surface area contributed by atoms with E-state index in [2.05, 4.69) is 31.9 Å². The second kappa shape index (κ2) is 11.4. The summed E-state index contributed by atoms with van der Waals surface area (Å²) in [6.45, 7) is 0.477. The molecule has 4 aromatic rings. The Balaban J connectivity index is 1.28. The molecule has 1 saturated carbocycles. The average molecular weight is 492 g/mol. The minimum Gasteiger partial charge on any atom is -0.367 e. The molecule has 2 aromatic heterocycles. The third kappa shape index (κ3) is 5.96. The predicted molar refractivity (Wildman–Crippen MR) is 144 cm³/mol. The number of urea groups is 1. The maximum absolute atomic E-state index is 13.5. The van der Waals surface area contributed by atoms with E-state index in [-0.39, 0.29) is 18.1 Å². The van der Waals surface area contributed by atoms with Gasteiger partial charge in [0.05, 0.1) is 11.8 Å². The first-order chi connectivity index (χ1) is 18.2. The van der Waals surface area contributed by atoms with E-state index >= 15 is 0 Å². The lowest BCUT2D eigenvalue weighted by Crippen LogP contribution is -2.48. The Labute approximate surface area is 216 Å². The van der Waals surface area contributed by atoms with Crippen LogP contribution >= 0.6 is 0 Å². The molecule has 2 aromatic carbocycles. The summed E-state index contributed by atoms with van der Waals surface area (Å²) in [7, 11) is 0. The molecule has 2 heterocycles. The number of rotatable bonds is 7. The van der Waals surface area contributed by atoms with Crippen LogP contribution in [0.5, 0.6) is 0 Å². The Kier molecular flexibility index (Phi) is 7.42. The number of aromatic nitrogens is 3. The smallest absolute Gasteiger partial charge is 0.322 e.